The molecule has 0 saturated carbocycles. The summed E-state index contributed by atoms with van der Waals surface area (Å²) in [6, 6.07) is 5.18. The van der Waals surface area contributed by atoms with Gasteiger partial charge in [0, 0.05) is 30.5 Å². The van der Waals surface area contributed by atoms with Crippen LogP contribution in [0.3, 0.4) is 0 Å². The van der Waals surface area contributed by atoms with Crippen LogP contribution in [0.2, 0.25) is 0 Å². The Morgan fingerprint density at radius 1 is 1.29 bits per heavy atom. The second-order valence-electron chi connectivity index (χ2n) is 7.70. The van der Waals surface area contributed by atoms with E-state index in [1.165, 1.54) is 24.1 Å². The Balaban J connectivity index is 1.80. The van der Waals surface area contributed by atoms with E-state index in [9.17, 15) is 18.0 Å². The summed E-state index contributed by atoms with van der Waals surface area (Å²) < 4.78 is 56.3. The van der Waals surface area contributed by atoms with E-state index in [2.05, 4.69) is 16.5 Å². The number of methoxy groups -OCH3 is 1. The molecule has 2 N–H and O–H groups in total. The highest BCUT2D eigenvalue weighted by Crippen LogP contribution is 2.37. The van der Waals surface area contributed by atoms with Crippen LogP contribution in [0.5, 0.6) is 5.75 Å². The minimum Gasteiger partial charge on any atom is -0.494 e. The third-order valence-electron chi connectivity index (χ3n) is 5.47. The highest BCUT2D eigenvalue weighted by atomic mass is 19.4. The maximum atomic E-state index is 13.3. The predicted molar refractivity (Wildman–Crippen MR) is 117 cm³/mol. The topological polar surface area (TPSA) is 104 Å². The minimum atomic E-state index is -4.62. The number of oxazole rings is 1. The molecule has 0 unspecified atom stereocenters. The zero-order valence-corrected chi connectivity index (χ0v) is 18.6. The molecule has 34 heavy (non-hydrogen) atoms. The maximum absolute atomic E-state index is 13.3. The molecular formula is C23H23F3N4O4. The lowest BCUT2D eigenvalue weighted by Crippen LogP contribution is -2.38. The number of ether oxygens (including phenoxy) is 2. The third-order valence-corrected chi connectivity index (χ3v) is 5.47. The summed E-state index contributed by atoms with van der Waals surface area (Å²) in [4.78, 5) is 22.9. The molecule has 1 aromatic carbocycles. The van der Waals surface area contributed by atoms with E-state index >= 15 is 0 Å². The summed E-state index contributed by atoms with van der Waals surface area (Å²) in [7, 11) is 1.34. The van der Waals surface area contributed by atoms with Crippen molar-refractivity contribution in [1.82, 2.24) is 14.9 Å². The summed E-state index contributed by atoms with van der Waals surface area (Å²) in [5, 5.41) is 0.318. The van der Waals surface area contributed by atoms with Gasteiger partial charge in [0.2, 0.25) is 5.89 Å². The average Bonchev–Trinajstić information content (AvgIpc) is 3.40. The van der Waals surface area contributed by atoms with Gasteiger partial charge in [0.15, 0.2) is 11.5 Å². The molecular weight excluding hydrogens is 453 g/mol. The van der Waals surface area contributed by atoms with Crippen molar-refractivity contribution in [2.45, 2.75) is 32.3 Å². The average molecular weight is 476 g/mol. The Hall–Kier alpha value is -3.44. The van der Waals surface area contributed by atoms with Crippen LogP contribution in [-0.2, 0) is 17.5 Å². The number of hydrogen-bond acceptors (Lipinski definition) is 7. The van der Waals surface area contributed by atoms with Crippen molar-refractivity contribution in [2.75, 3.05) is 20.3 Å². The molecule has 2 aromatic heterocycles. The normalized spacial score (nSPS) is 16.5. The van der Waals surface area contributed by atoms with Gasteiger partial charge in [0.25, 0.3) is 5.91 Å². The van der Waals surface area contributed by atoms with Gasteiger partial charge in [-0.15, -0.1) is 0 Å². The molecule has 0 radical (unpaired) electrons. The summed E-state index contributed by atoms with van der Waals surface area (Å²) >= 11 is 0. The van der Waals surface area contributed by atoms with E-state index < -0.39 is 24.0 Å². The van der Waals surface area contributed by atoms with Gasteiger partial charge in [-0.2, -0.15) is 13.2 Å². The number of halogens is 3. The Bertz CT molecular complexity index is 1250. The third kappa shape index (κ3) is 4.24. The van der Waals surface area contributed by atoms with Crippen LogP contribution in [0.4, 0.5) is 13.2 Å². The van der Waals surface area contributed by atoms with Gasteiger partial charge in [0.1, 0.15) is 23.2 Å². The number of carbonyl (C=O) groups is 1. The largest absolute Gasteiger partial charge is 0.494 e. The van der Waals surface area contributed by atoms with Crippen LogP contribution in [0.1, 0.15) is 35.3 Å². The minimum absolute atomic E-state index is 0.0116. The SMILES string of the molecule is C=C1C[C@@H](OCC)N(C(=O)c2nc(-c3ccc(OC)c4nc(C(F)(F)F)ccc34)oc2CN)C1. The van der Waals surface area contributed by atoms with Crippen molar-refractivity contribution in [3.05, 3.63) is 53.6 Å². The number of fused-ring (bicyclic) bond motifs is 1. The molecule has 1 saturated heterocycles. The highest BCUT2D eigenvalue weighted by molar-refractivity contribution is 5.98. The fraction of sp³-hybridized carbons (Fsp3) is 0.348. The molecule has 0 bridgehead atoms. The molecule has 0 aliphatic carbocycles. The first-order valence-electron chi connectivity index (χ1n) is 10.5. The quantitative estimate of drug-likeness (QED) is 0.533. The first-order chi connectivity index (χ1) is 16.2. The summed E-state index contributed by atoms with van der Waals surface area (Å²) in [6.45, 7) is 6.39. The Kier molecular flexibility index (Phi) is 6.32. The van der Waals surface area contributed by atoms with E-state index in [-0.39, 0.29) is 35.2 Å². The van der Waals surface area contributed by atoms with E-state index in [0.29, 0.717) is 30.5 Å². The van der Waals surface area contributed by atoms with Gasteiger partial charge in [-0.3, -0.25) is 4.79 Å². The number of nitrogens with two attached hydrogens (primary N) is 1. The zero-order valence-electron chi connectivity index (χ0n) is 18.6. The first kappa shape index (κ1) is 23.7. The fourth-order valence-electron chi connectivity index (χ4n) is 3.92. The molecule has 1 fully saturated rings. The molecule has 1 aliphatic heterocycles. The molecule has 8 nitrogen and oxygen atoms in total. The van der Waals surface area contributed by atoms with Crippen LogP contribution in [-0.4, -0.2) is 47.3 Å². The van der Waals surface area contributed by atoms with Crippen molar-refractivity contribution < 1.29 is 31.9 Å². The van der Waals surface area contributed by atoms with Crippen LogP contribution in [0.15, 0.2) is 40.8 Å². The molecule has 0 spiro atoms. The van der Waals surface area contributed by atoms with Gasteiger partial charge in [-0.1, -0.05) is 12.2 Å². The molecule has 3 aromatic rings. The van der Waals surface area contributed by atoms with E-state index in [1.54, 1.807) is 6.07 Å². The van der Waals surface area contributed by atoms with Crippen LogP contribution >= 0.6 is 0 Å². The number of hydrogen-bond donors (Lipinski definition) is 1. The second-order valence-corrected chi connectivity index (χ2v) is 7.70. The maximum Gasteiger partial charge on any atom is 0.433 e. The van der Waals surface area contributed by atoms with Gasteiger partial charge in [0.05, 0.1) is 13.7 Å². The number of nitrogens with zero attached hydrogens (tertiary/aromatic N) is 3. The monoisotopic (exact) mass is 476 g/mol. The van der Waals surface area contributed by atoms with Gasteiger partial charge < -0.3 is 24.5 Å². The summed E-state index contributed by atoms with van der Waals surface area (Å²) in [5.74, 6) is -0.0923. The standard InChI is InChI=1S/C23H23F3N4O4/c1-4-33-18-9-12(2)11-30(18)22(31)20-16(10-27)34-21(29-20)14-5-7-15(32-3)19-13(14)6-8-17(28-19)23(24,25)26/h5-8,18H,2,4,9-11,27H2,1,3H3/t18-/m1/s1. The van der Waals surface area contributed by atoms with Gasteiger partial charge in [-0.25, -0.2) is 9.97 Å². The number of carbonyl (C=O) groups excluding carboxylic acids is 1. The molecule has 3 heterocycles. The lowest BCUT2D eigenvalue weighted by atomic mass is 10.1. The van der Waals surface area contributed by atoms with E-state index in [4.69, 9.17) is 19.6 Å². The molecule has 1 atom stereocenters. The molecule has 4 rings (SSSR count). The number of alkyl halides is 3. The molecule has 11 heteroatoms. The Morgan fingerprint density at radius 2 is 2.06 bits per heavy atom. The number of aromatic nitrogens is 2. The molecule has 1 aliphatic rings. The zero-order chi connectivity index (χ0) is 24.6. The smallest absolute Gasteiger partial charge is 0.433 e. The Labute approximate surface area is 193 Å². The van der Waals surface area contributed by atoms with Crippen LogP contribution < -0.4 is 10.5 Å². The van der Waals surface area contributed by atoms with Gasteiger partial charge in [-0.05, 0) is 31.2 Å². The number of benzene rings is 1. The van der Waals surface area contributed by atoms with Crippen molar-refractivity contribution in [1.29, 1.82) is 0 Å². The number of rotatable bonds is 6. The van der Waals surface area contributed by atoms with Crippen LogP contribution in [0.25, 0.3) is 22.4 Å². The summed E-state index contributed by atoms with van der Waals surface area (Å²) in [5.41, 5.74) is 5.95. The molecule has 180 valence electrons. The number of amides is 1. The second kappa shape index (κ2) is 9.07. The van der Waals surface area contributed by atoms with Crippen molar-refractivity contribution in [3.8, 4) is 17.2 Å². The van der Waals surface area contributed by atoms with Crippen molar-refractivity contribution in [3.63, 3.8) is 0 Å². The van der Waals surface area contributed by atoms with Crippen molar-refractivity contribution >= 4 is 16.8 Å². The van der Waals surface area contributed by atoms with E-state index in [1.807, 2.05) is 6.92 Å². The fourth-order valence-corrected chi connectivity index (χ4v) is 3.92. The summed E-state index contributed by atoms with van der Waals surface area (Å²) in [6.07, 6.45) is -4.58. The highest BCUT2D eigenvalue weighted by Gasteiger charge is 2.36. The first-order valence-corrected chi connectivity index (χ1v) is 10.5. The van der Waals surface area contributed by atoms with Crippen molar-refractivity contribution in [2.24, 2.45) is 5.73 Å². The van der Waals surface area contributed by atoms with E-state index in [0.717, 1.165) is 11.6 Å². The lowest BCUT2D eigenvalue weighted by molar-refractivity contribution is -0.140. The molecule has 1 amide bonds. The lowest BCUT2D eigenvalue weighted by Gasteiger charge is -2.23. The van der Waals surface area contributed by atoms with Gasteiger partial charge >= 0.3 is 6.18 Å². The van der Waals surface area contributed by atoms with Crippen LogP contribution in [0, 0.1) is 0 Å². The Morgan fingerprint density at radius 3 is 2.71 bits per heavy atom. The predicted octanol–water partition coefficient (Wildman–Crippen LogP) is 4.14. The number of pyridine rings is 1. The number of likely N-dealkylation sites (tertiary alicyclic amines) is 1.